The number of anilines is 1. The molecule has 0 bridgehead atoms. The van der Waals surface area contributed by atoms with Crippen LogP contribution in [0, 0.1) is 0 Å². The second kappa shape index (κ2) is 9.13. The quantitative estimate of drug-likeness (QED) is 0.687. The lowest BCUT2D eigenvalue weighted by Gasteiger charge is -2.15. The summed E-state index contributed by atoms with van der Waals surface area (Å²) in [6, 6.07) is 13.7. The van der Waals surface area contributed by atoms with Crippen molar-refractivity contribution in [2.24, 2.45) is 0 Å². The molecular weight excluding hydrogens is 378 g/mol. The molecule has 2 aromatic carbocycles. The Morgan fingerprint density at radius 2 is 1.90 bits per heavy atom. The van der Waals surface area contributed by atoms with E-state index in [1.165, 1.54) is 11.1 Å². The monoisotopic (exact) mass is 405 g/mol. The summed E-state index contributed by atoms with van der Waals surface area (Å²) in [6.07, 6.45) is 2.30. The molecule has 6 nitrogen and oxygen atoms in total. The van der Waals surface area contributed by atoms with E-state index in [0.29, 0.717) is 30.9 Å². The topological polar surface area (TPSA) is 79.5 Å². The van der Waals surface area contributed by atoms with Gasteiger partial charge < -0.3 is 20.7 Å². The summed E-state index contributed by atoms with van der Waals surface area (Å²) in [5.74, 6) is 0.689. The number of hydrogen-bond donors (Lipinski definition) is 3. The van der Waals surface area contributed by atoms with Crippen LogP contribution in [0.5, 0.6) is 5.75 Å². The Balaban J connectivity index is 1.52. The average Bonchev–Trinajstić information content (AvgIpc) is 2.98. The maximum atomic E-state index is 11.9. The van der Waals surface area contributed by atoms with Crippen molar-refractivity contribution in [2.45, 2.75) is 32.7 Å². The molecule has 2 aromatic rings. The summed E-state index contributed by atoms with van der Waals surface area (Å²) >= 11 is 0. The van der Waals surface area contributed by atoms with Crippen LogP contribution in [-0.4, -0.2) is 31.5 Å². The molecule has 0 radical (unpaired) electrons. The highest BCUT2D eigenvalue weighted by Crippen LogP contribution is 2.28. The van der Waals surface area contributed by atoms with Crippen molar-refractivity contribution in [3.05, 3.63) is 64.7 Å². The zero-order chi connectivity index (χ0) is 20.9. The molecule has 6 heteroatoms. The third kappa shape index (κ3) is 4.54. The van der Waals surface area contributed by atoms with Crippen LogP contribution >= 0.6 is 0 Å². The molecule has 0 fully saturated rings. The zero-order valence-electron chi connectivity index (χ0n) is 17.2. The predicted octanol–water partition coefficient (Wildman–Crippen LogP) is 3.49. The fourth-order valence-corrected chi connectivity index (χ4v) is 3.87. The smallest absolute Gasteiger partial charge is 0.252 e. The first-order chi connectivity index (χ1) is 14.6. The lowest BCUT2D eigenvalue weighted by atomic mass is 9.96. The molecule has 2 heterocycles. The maximum absolute atomic E-state index is 11.9. The van der Waals surface area contributed by atoms with Gasteiger partial charge in [-0.3, -0.25) is 9.59 Å². The van der Waals surface area contributed by atoms with E-state index in [-0.39, 0.29) is 11.8 Å². The fourth-order valence-electron chi connectivity index (χ4n) is 3.87. The van der Waals surface area contributed by atoms with Crippen molar-refractivity contribution >= 4 is 23.1 Å². The minimum atomic E-state index is -0.0377. The van der Waals surface area contributed by atoms with E-state index in [0.717, 1.165) is 42.7 Å². The van der Waals surface area contributed by atoms with Crippen LogP contribution in [0.25, 0.3) is 5.57 Å². The number of nitrogens with one attached hydrogen (secondary N) is 3. The average molecular weight is 405 g/mol. The lowest BCUT2D eigenvalue weighted by Crippen LogP contribution is -2.14. The summed E-state index contributed by atoms with van der Waals surface area (Å²) in [5, 5.41) is 9.18. The van der Waals surface area contributed by atoms with Gasteiger partial charge in [0.25, 0.3) is 5.91 Å². The molecule has 0 saturated heterocycles. The predicted molar refractivity (Wildman–Crippen MR) is 117 cm³/mol. The first-order valence-electron chi connectivity index (χ1n) is 10.5. The van der Waals surface area contributed by atoms with Crippen LogP contribution in [0.3, 0.4) is 0 Å². The van der Waals surface area contributed by atoms with Gasteiger partial charge in [-0.1, -0.05) is 25.1 Å². The summed E-state index contributed by atoms with van der Waals surface area (Å²) in [6.45, 7) is 4.76. The number of hydrogen-bond acceptors (Lipinski definition) is 4. The van der Waals surface area contributed by atoms with Crippen LogP contribution in [0.1, 0.15) is 47.7 Å². The van der Waals surface area contributed by atoms with Gasteiger partial charge in [0.05, 0.1) is 0 Å². The first-order valence-corrected chi connectivity index (χ1v) is 10.5. The molecule has 0 unspecified atom stereocenters. The molecule has 2 aliphatic rings. The highest BCUT2D eigenvalue weighted by Gasteiger charge is 2.19. The van der Waals surface area contributed by atoms with Gasteiger partial charge in [0.1, 0.15) is 12.4 Å². The Bertz CT molecular complexity index is 980. The van der Waals surface area contributed by atoms with Crippen molar-refractivity contribution in [1.82, 2.24) is 10.6 Å². The van der Waals surface area contributed by atoms with Crippen LogP contribution < -0.4 is 20.7 Å². The molecule has 2 amide bonds. The number of rotatable bonds is 6. The summed E-state index contributed by atoms with van der Waals surface area (Å²) in [7, 11) is 0. The molecule has 0 aromatic heterocycles. The summed E-state index contributed by atoms with van der Waals surface area (Å²) < 4.78 is 6.09. The van der Waals surface area contributed by atoms with E-state index in [9.17, 15) is 9.59 Å². The minimum absolute atomic E-state index is 0.0118. The third-order valence-corrected chi connectivity index (χ3v) is 5.60. The number of carbonyl (C=O) groups excluding carboxylic acids is 2. The van der Waals surface area contributed by atoms with E-state index in [4.69, 9.17) is 4.74 Å². The van der Waals surface area contributed by atoms with Crippen molar-refractivity contribution in [2.75, 3.05) is 25.0 Å². The van der Waals surface area contributed by atoms with Crippen molar-refractivity contribution < 1.29 is 14.3 Å². The molecule has 3 N–H and O–H groups in total. The van der Waals surface area contributed by atoms with Gasteiger partial charge in [0.15, 0.2) is 0 Å². The van der Waals surface area contributed by atoms with E-state index in [1.807, 2.05) is 37.3 Å². The number of carbonyl (C=O) groups is 2. The fraction of sp³-hybridized carbons (Fsp3) is 0.333. The van der Waals surface area contributed by atoms with Gasteiger partial charge in [-0.15, -0.1) is 0 Å². The SMILES string of the molecule is CCC(=O)Nc1ccc(C2=C(COc3ccc4c(c3)C(=O)NC4)CCNCC2)cc1. The number of benzene rings is 2. The molecule has 0 aliphatic carbocycles. The Morgan fingerprint density at radius 1 is 1.10 bits per heavy atom. The summed E-state index contributed by atoms with van der Waals surface area (Å²) in [5.41, 5.74) is 6.23. The molecule has 2 aliphatic heterocycles. The largest absolute Gasteiger partial charge is 0.489 e. The van der Waals surface area contributed by atoms with Crippen LogP contribution in [0.15, 0.2) is 48.0 Å². The van der Waals surface area contributed by atoms with Crippen LogP contribution in [0.4, 0.5) is 5.69 Å². The van der Waals surface area contributed by atoms with E-state index < -0.39 is 0 Å². The molecule has 0 saturated carbocycles. The minimum Gasteiger partial charge on any atom is -0.489 e. The molecular formula is C24H27N3O3. The first kappa shape index (κ1) is 20.2. The molecule has 0 atom stereocenters. The van der Waals surface area contributed by atoms with E-state index >= 15 is 0 Å². The Hall–Kier alpha value is -3.12. The molecule has 30 heavy (non-hydrogen) atoms. The number of ether oxygens (including phenoxy) is 1. The van der Waals surface area contributed by atoms with E-state index in [2.05, 4.69) is 28.1 Å². The normalized spacial score (nSPS) is 16.0. The zero-order valence-corrected chi connectivity index (χ0v) is 17.2. The highest BCUT2D eigenvalue weighted by atomic mass is 16.5. The Kier molecular flexibility index (Phi) is 6.14. The van der Waals surface area contributed by atoms with E-state index in [1.54, 1.807) is 0 Å². The Labute approximate surface area is 176 Å². The lowest BCUT2D eigenvalue weighted by molar-refractivity contribution is -0.115. The van der Waals surface area contributed by atoms with Crippen molar-refractivity contribution in [1.29, 1.82) is 0 Å². The third-order valence-electron chi connectivity index (χ3n) is 5.60. The second-order valence-corrected chi connectivity index (χ2v) is 7.60. The van der Waals surface area contributed by atoms with Gasteiger partial charge >= 0.3 is 0 Å². The highest BCUT2D eigenvalue weighted by molar-refractivity contribution is 5.98. The van der Waals surface area contributed by atoms with Gasteiger partial charge in [-0.05, 0) is 72.5 Å². The van der Waals surface area contributed by atoms with Gasteiger partial charge in [0.2, 0.25) is 5.91 Å². The van der Waals surface area contributed by atoms with Crippen molar-refractivity contribution in [3.63, 3.8) is 0 Å². The van der Waals surface area contributed by atoms with Crippen molar-refractivity contribution in [3.8, 4) is 5.75 Å². The number of fused-ring (bicyclic) bond motifs is 1. The molecule has 0 spiro atoms. The molecule has 4 rings (SSSR count). The van der Waals surface area contributed by atoms with Gasteiger partial charge in [0, 0.05) is 24.2 Å². The maximum Gasteiger partial charge on any atom is 0.252 e. The second-order valence-electron chi connectivity index (χ2n) is 7.60. The van der Waals surface area contributed by atoms with Crippen LogP contribution in [-0.2, 0) is 11.3 Å². The number of amides is 2. The van der Waals surface area contributed by atoms with Gasteiger partial charge in [-0.25, -0.2) is 0 Å². The standard InChI is InChI=1S/C24H27N3O3/c1-2-23(28)27-19-6-3-16(4-7-19)21-10-12-25-11-9-18(21)15-30-20-8-5-17-14-26-24(29)22(17)13-20/h3-8,13,25H,2,9-12,14-15H2,1H3,(H,26,29)(H,27,28). The molecule has 156 valence electrons. The Morgan fingerprint density at radius 3 is 2.70 bits per heavy atom. The van der Waals surface area contributed by atoms with Gasteiger partial charge in [-0.2, -0.15) is 0 Å². The van der Waals surface area contributed by atoms with Crippen LogP contribution in [0.2, 0.25) is 0 Å². The summed E-state index contributed by atoms with van der Waals surface area (Å²) in [4.78, 5) is 23.5.